The topological polar surface area (TPSA) is 169 Å². The number of para-hydroxylation sites is 1. The number of hydrogen-bond acceptors (Lipinski definition) is 9. The average Bonchev–Trinajstić information content (AvgIpc) is 3.41. The fourth-order valence-electron chi connectivity index (χ4n) is 3.51. The van der Waals surface area contributed by atoms with Crippen molar-refractivity contribution in [1.82, 2.24) is 25.9 Å². The first-order chi connectivity index (χ1) is 17.3. The molecule has 0 saturated carbocycles. The largest absolute Gasteiger partial charge is 0.507 e. The van der Waals surface area contributed by atoms with Gasteiger partial charge in [0, 0.05) is 31.4 Å². The first-order valence-electron chi connectivity index (χ1n) is 11.2. The van der Waals surface area contributed by atoms with Crippen LogP contribution in [0.1, 0.15) is 43.2 Å². The van der Waals surface area contributed by atoms with Crippen LogP contribution in [0.3, 0.4) is 0 Å². The van der Waals surface area contributed by atoms with E-state index in [2.05, 4.69) is 25.9 Å². The Kier molecular flexibility index (Phi) is 8.89. The number of rotatable bonds is 6. The smallest absolute Gasteiger partial charge is 0.270 e. The molecule has 11 heteroatoms. The monoisotopic (exact) mass is 492 g/mol. The summed E-state index contributed by atoms with van der Waals surface area (Å²) in [5, 5.41) is 18.3. The van der Waals surface area contributed by atoms with Gasteiger partial charge >= 0.3 is 0 Å². The number of phenolic OH excluding ortho intramolecular Hbond substituents is 1. The molecule has 2 amide bonds. The van der Waals surface area contributed by atoms with Crippen LogP contribution in [0.25, 0.3) is 0 Å². The third-order valence-corrected chi connectivity index (χ3v) is 5.39. The Labute approximate surface area is 208 Å². The van der Waals surface area contributed by atoms with Crippen molar-refractivity contribution in [1.29, 1.82) is 0 Å². The van der Waals surface area contributed by atoms with Crippen LogP contribution in [0.5, 0.6) is 11.5 Å². The highest BCUT2D eigenvalue weighted by atomic mass is 16.5. The molecule has 0 spiro atoms. The second-order valence-corrected chi connectivity index (χ2v) is 7.80. The summed E-state index contributed by atoms with van der Waals surface area (Å²) >= 11 is 0. The van der Waals surface area contributed by atoms with E-state index < -0.39 is 0 Å². The maximum Gasteiger partial charge on any atom is 0.270 e. The van der Waals surface area contributed by atoms with E-state index in [1.165, 1.54) is 50.7 Å². The maximum atomic E-state index is 12.4. The summed E-state index contributed by atoms with van der Waals surface area (Å²) in [6, 6.07) is 12.6. The zero-order valence-corrected chi connectivity index (χ0v) is 19.9. The number of aromatic hydroxyl groups is 1. The number of anilines is 1. The van der Waals surface area contributed by atoms with Gasteiger partial charge in [-0.2, -0.15) is 0 Å². The predicted octanol–water partition coefficient (Wildman–Crippen LogP) is 1.14. The van der Waals surface area contributed by atoms with Crippen LogP contribution in [-0.2, 0) is 0 Å². The fraction of sp³-hybridized carbons (Fsp3) is 0.240. The third kappa shape index (κ3) is 6.54. The number of carbonyl (C=O) groups excluding carboxylic acids is 3. The first kappa shape index (κ1) is 26.1. The van der Waals surface area contributed by atoms with Gasteiger partial charge in [0.2, 0.25) is 5.95 Å². The molecule has 1 aliphatic rings. The number of nitrogen functional groups attached to an aromatic ring is 1. The van der Waals surface area contributed by atoms with Gasteiger partial charge in [0.25, 0.3) is 11.8 Å². The van der Waals surface area contributed by atoms with Crippen LogP contribution < -0.4 is 26.4 Å². The van der Waals surface area contributed by atoms with E-state index in [0.717, 1.165) is 19.5 Å². The number of nitrogens with two attached hydrogens (primary N) is 1. The molecule has 3 aromatic rings. The number of nitrogens with one attached hydrogen (secondary N) is 3. The zero-order chi connectivity index (χ0) is 26.1. The summed E-state index contributed by atoms with van der Waals surface area (Å²) in [7, 11) is 2.94. The number of hydrogen-bond donors (Lipinski definition) is 5. The lowest BCUT2D eigenvalue weighted by atomic mass is 10.0. The molecule has 1 aromatic heterocycles. The fourth-order valence-corrected chi connectivity index (χ4v) is 3.51. The van der Waals surface area contributed by atoms with Gasteiger partial charge in [-0.3, -0.25) is 14.4 Å². The Morgan fingerprint density at radius 1 is 1.11 bits per heavy atom. The molecule has 188 valence electrons. The standard InChI is InChI=1S/C16H15NO4.C9H13N5O/c1-17-16(20)12-8-7-10(9-14(12)21-2)15(19)11-5-3-4-6-13(11)18;10-9-12-4-2-7(14-9)8(15)13-6-1-3-11-5-6/h3-9,18H,1-2H3,(H,17,20);2,4,6,11H,1,3,5H2,(H,13,15)(H2,10,12,14). The minimum absolute atomic E-state index is 0.0863. The van der Waals surface area contributed by atoms with Crippen molar-refractivity contribution in [3.63, 3.8) is 0 Å². The molecule has 1 saturated heterocycles. The molecule has 1 unspecified atom stereocenters. The molecule has 1 fully saturated rings. The van der Waals surface area contributed by atoms with Crippen molar-refractivity contribution in [2.24, 2.45) is 0 Å². The minimum atomic E-state index is -0.338. The molecule has 0 aliphatic carbocycles. The summed E-state index contributed by atoms with van der Waals surface area (Å²) < 4.78 is 5.15. The Hall–Kier alpha value is -4.51. The molecule has 36 heavy (non-hydrogen) atoms. The molecule has 1 aliphatic heterocycles. The van der Waals surface area contributed by atoms with Crippen LogP contribution in [0.2, 0.25) is 0 Å². The quantitative estimate of drug-likeness (QED) is 0.317. The number of amides is 2. The number of carbonyl (C=O) groups is 3. The van der Waals surface area contributed by atoms with E-state index in [1.807, 2.05) is 0 Å². The lowest BCUT2D eigenvalue weighted by Crippen LogP contribution is -2.36. The van der Waals surface area contributed by atoms with Crippen LogP contribution in [0.4, 0.5) is 5.95 Å². The Morgan fingerprint density at radius 2 is 1.89 bits per heavy atom. The molecular formula is C25H28N6O5. The number of benzene rings is 2. The van der Waals surface area contributed by atoms with Gasteiger partial charge in [0.15, 0.2) is 5.78 Å². The van der Waals surface area contributed by atoms with E-state index in [4.69, 9.17) is 10.5 Å². The van der Waals surface area contributed by atoms with Gasteiger partial charge in [-0.1, -0.05) is 12.1 Å². The van der Waals surface area contributed by atoms with Crippen molar-refractivity contribution in [2.45, 2.75) is 12.5 Å². The number of aromatic nitrogens is 2. The van der Waals surface area contributed by atoms with Gasteiger partial charge in [-0.15, -0.1) is 0 Å². The molecule has 0 radical (unpaired) electrons. The molecule has 2 heterocycles. The number of nitrogens with zero attached hydrogens (tertiary/aromatic N) is 2. The van der Waals surface area contributed by atoms with Crippen LogP contribution in [0, 0.1) is 0 Å². The predicted molar refractivity (Wildman–Crippen MR) is 133 cm³/mol. The lowest BCUT2D eigenvalue weighted by Gasteiger charge is -2.10. The highest BCUT2D eigenvalue weighted by Crippen LogP contribution is 2.25. The Balaban J connectivity index is 0.000000212. The second kappa shape index (κ2) is 12.3. The molecule has 4 rings (SSSR count). The molecular weight excluding hydrogens is 464 g/mol. The number of methoxy groups -OCH3 is 1. The van der Waals surface area contributed by atoms with E-state index >= 15 is 0 Å². The van der Waals surface area contributed by atoms with E-state index in [0.29, 0.717) is 22.6 Å². The lowest BCUT2D eigenvalue weighted by molar-refractivity contribution is 0.0932. The van der Waals surface area contributed by atoms with Gasteiger partial charge in [-0.05, 0) is 49.4 Å². The molecule has 1 atom stereocenters. The van der Waals surface area contributed by atoms with Gasteiger partial charge in [0.05, 0.1) is 18.2 Å². The van der Waals surface area contributed by atoms with Crippen molar-refractivity contribution >= 4 is 23.5 Å². The molecule has 11 nitrogen and oxygen atoms in total. The summed E-state index contributed by atoms with van der Waals surface area (Å²) in [4.78, 5) is 43.3. The minimum Gasteiger partial charge on any atom is -0.507 e. The van der Waals surface area contributed by atoms with Crippen molar-refractivity contribution in [3.8, 4) is 11.5 Å². The van der Waals surface area contributed by atoms with Crippen molar-refractivity contribution < 1.29 is 24.2 Å². The third-order valence-electron chi connectivity index (χ3n) is 5.39. The summed E-state index contributed by atoms with van der Waals surface area (Å²) in [5.74, 6) is -0.499. The van der Waals surface area contributed by atoms with Gasteiger partial charge < -0.3 is 31.5 Å². The number of ether oxygens (including phenoxy) is 1. The van der Waals surface area contributed by atoms with E-state index in [9.17, 15) is 19.5 Å². The van der Waals surface area contributed by atoms with E-state index in [-0.39, 0.29) is 40.9 Å². The van der Waals surface area contributed by atoms with Gasteiger partial charge in [0.1, 0.15) is 17.2 Å². The molecule has 6 N–H and O–H groups in total. The molecule has 2 aromatic carbocycles. The number of ketones is 1. The Bertz CT molecular complexity index is 1240. The maximum absolute atomic E-state index is 12.4. The zero-order valence-electron chi connectivity index (χ0n) is 19.9. The van der Waals surface area contributed by atoms with Crippen LogP contribution in [0.15, 0.2) is 54.7 Å². The highest BCUT2D eigenvalue weighted by Gasteiger charge is 2.19. The van der Waals surface area contributed by atoms with E-state index in [1.54, 1.807) is 18.2 Å². The normalized spacial score (nSPS) is 14.2. The summed E-state index contributed by atoms with van der Waals surface area (Å²) in [6.45, 7) is 1.75. The highest BCUT2D eigenvalue weighted by molar-refractivity contribution is 6.11. The summed E-state index contributed by atoms with van der Waals surface area (Å²) in [6.07, 6.45) is 2.43. The van der Waals surface area contributed by atoms with Crippen molar-refractivity contribution in [3.05, 3.63) is 77.1 Å². The van der Waals surface area contributed by atoms with Crippen LogP contribution >= 0.6 is 0 Å². The summed E-state index contributed by atoms with van der Waals surface area (Å²) in [5.41, 5.74) is 6.58. The first-order valence-corrected chi connectivity index (χ1v) is 11.2. The second-order valence-electron chi connectivity index (χ2n) is 7.80. The molecule has 0 bridgehead atoms. The van der Waals surface area contributed by atoms with Crippen LogP contribution in [-0.4, -0.2) is 66.0 Å². The Morgan fingerprint density at radius 3 is 2.53 bits per heavy atom. The number of phenols is 1. The van der Waals surface area contributed by atoms with Crippen molar-refractivity contribution in [2.75, 3.05) is 33.0 Å². The SMILES string of the molecule is CNC(=O)c1ccc(C(=O)c2ccccc2O)cc1OC.Nc1nccc(C(=O)NC2CCNC2)n1. The average molecular weight is 493 g/mol. The van der Waals surface area contributed by atoms with Gasteiger partial charge in [-0.25, -0.2) is 9.97 Å².